The number of ether oxygens (including phenoxy) is 1. The van der Waals surface area contributed by atoms with Crippen molar-refractivity contribution in [2.75, 3.05) is 36.9 Å². The highest BCUT2D eigenvalue weighted by atomic mass is 16.5. The molecule has 1 aromatic carbocycles. The molecule has 0 amide bonds. The van der Waals surface area contributed by atoms with Gasteiger partial charge in [0.15, 0.2) is 0 Å². The van der Waals surface area contributed by atoms with Gasteiger partial charge in [-0.05, 0) is 12.1 Å². The lowest BCUT2D eigenvalue weighted by molar-refractivity contribution is -0.697. The Morgan fingerprint density at radius 1 is 1.33 bits per heavy atom. The maximum Gasteiger partial charge on any atom is 0.243 e. The quantitative estimate of drug-likeness (QED) is 0.611. The Balaban J connectivity index is 1.66. The zero-order valence-electron chi connectivity index (χ0n) is 12.0. The van der Waals surface area contributed by atoms with Crippen molar-refractivity contribution in [3.63, 3.8) is 0 Å². The maximum atomic E-state index is 8.93. The van der Waals surface area contributed by atoms with Crippen LogP contribution in [0.2, 0.25) is 0 Å². The molecule has 112 valence electrons. The summed E-state index contributed by atoms with van der Waals surface area (Å²) in [5.74, 6) is 0.865. The second-order valence-corrected chi connectivity index (χ2v) is 5.18. The lowest BCUT2D eigenvalue weighted by Crippen LogP contribution is -2.36. The average Bonchev–Trinajstić information content (AvgIpc) is 2.93. The third kappa shape index (κ3) is 3.11. The summed E-state index contributed by atoms with van der Waals surface area (Å²) in [6.07, 6.45) is 6.02. The summed E-state index contributed by atoms with van der Waals surface area (Å²) in [4.78, 5) is 2.31. The van der Waals surface area contributed by atoms with Crippen LogP contribution in [-0.2, 0) is 13.1 Å². The van der Waals surface area contributed by atoms with Crippen molar-refractivity contribution in [2.45, 2.75) is 13.1 Å². The zero-order valence-corrected chi connectivity index (χ0v) is 12.0. The van der Waals surface area contributed by atoms with Crippen molar-refractivity contribution in [1.29, 1.82) is 0 Å². The molecule has 21 heavy (non-hydrogen) atoms. The first-order chi connectivity index (χ1) is 10.3. The van der Waals surface area contributed by atoms with E-state index in [0.29, 0.717) is 13.2 Å². The summed E-state index contributed by atoms with van der Waals surface area (Å²) in [6.45, 7) is 4.16. The molecule has 0 atom stereocenters. The number of nitrogens with two attached hydrogens (primary N) is 1. The molecule has 1 aromatic heterocycles. The molecule has 0 fully saturated rings. The highest BCUT2D eigenvalue weighted by molar-refractivity contribution is 5.64. The number of rotatable bonds is 5. The van der Waals surface area contributed by atoms with Crippen LogP contribution < -0.4 is 19.9 Å². The smallest absolute Gasteiger partial charge is 0.243 e. The number of aliphatic hydroxyl groups is 1. The van der Waals surface area contributed by atoms with Gasteiger partial charge < -0.3 is 20.5 Å². The Kier molecular flexibility index (Phi) is 3.96. The molecular formula is C15H21N4O2+. The van der Waals surface area contributed by atoms with E-state index in [2.05, 4.69) is 9.47 Å². The van der Waals surface area contributed by atoms with Crippen molar-refractivity contribution in [3.8, 4) is 5.75 Å². The molecule has 6 heteroatoms. The standard InChI is InChI=1S/C15H21N4O2/c16-13-1-2-14-15(11-13)21-10-8-19(14)6-5-17-3-4-18(12-17)7-9-20/h1-4,11-12,20H,5-10,16H2/q+1. The second-order valence-electron chi connectivity index (χ2n) is 5.18. The van der Waals surface area contributed by atoms with E-state index in [1.165, 1.54) is 0 Å². The Labute approximate surface area is 124 Å². The van der Waals surface area contributed by atoms with Crippen LogP contribution >= 0.6 is 0 Å². The number of hydrogen-bond acceptors (Lipinski definition) is 4. The summed E-state index contributed by atoms with van der Waals surface area (Å²) < 4.78 is 9.77. The number of benzene rings is 1. The highest BCUT2D eigenvalue weighted by Gasteiger charge is 2.18. The van der Waals surface area contributed by atoms with Gasteiger partial charge in [0.05, 0.1) is 25.4 Å². The molecular weight excluding hydrogens is 268 g/mol. The first kappa shape index (κ1) is 13.8. The van der Waals surface area contributed by atoms with Gasteiger partial charge in [0.2, 0.25) is 6.33 Å². The number of hydrogen-bond donors (Lipinski definition) is 2. The zero-order chi connectivity index (χ0) is 14.7. The van der Waals surface area contributed by atoms with Crippen molar-refractivity contribution < 1.29 is 14.4 Å². The Morgan fingerprint density at radius 2 is 2.24 bits per heavy atom. The van der Waals surface area contributed by atoms with Gasteiger partial charge in [-0.3, -0.25) is 0 Å². The summed E-state index contributed by atoms with van der Waals surface area (Å²) in [7, 11) is 0. The van der Waals surface area contributed by atoms with Crippen LogP contribution in [0.4, 0.5) is 11.4 Å². The summed E-state index contributed by atoms with van der Waals surface area (Å²) in [6, 6.07) is 5.81. The van der Waals surface area contributed by atoms with E-state index in [0.717, 1.165) is 36.8 Å². The molecule has 2 heterocycles. The largest absolute Gasteiger partial charge is 0.489 e. The molecule has 0 bridgehead atoms. The van der Waals surface area contributed by atoms with Crippen LogP contribution in [-0.4, -0.2) is 36.0 Å². The minimum Gasteiger partial charge on any atom is -0.489 e. The fourth-order valence-electron chi connectivity index (χ4n) is 2.58. The number of aromatic nitrogens is 2. The first-order valence-corrected chi connectivity index (χ1v) is 7.19. The third-order valence-electron chi connectivity index (χ3n) is 3.68. The van der Waals surface area contributed by atoms with Gasteiger partial charge in [0, 0.05) is 11.8 Å². The lowest BCUT2D eigenvalue weighted by atomic mass is 10.2. The van der Waals surface area contributed by atoms with E-state index in [1.807, 2.05) is 41.5 Å². The van der Waals surface area contributed by atoms with Gasteiger partial charge in [-0.1, -0.05) is 0 Å². The number of fused-ring (bicyclic) bond motifs is 1. The SMILES string of the molecule is Nc1ccc2c(c1)OCCN2CCn1cc[n+](CCO)c1. The predicted molar refractivity (Wildman–Crippen MR) is 80.3 cm³/mol. The number of nitrogen functional groups attached to an aromatic ring is 1. The van der Waals surface area contributed by atoms with Gasteiger partial charge in [0.25, 0.3) is 0 Å². The van der Waals surface area contributed by atoms with Gasteiger partial charge >= 0.3 is 0 Å². The van der Waals surface area contributed by atoms with Crippen LogP contribution in [0.5, 0.6) is 5.75 Å². The normalized spacial score (nSPS) is 13.9. The van der Waals surface area contributed by atoms with Crippen LogP contribution in [0, 0.1) is 0 Å². The Bertz CT molecular complexity index is 611. The van der Waals surface area contributed by atoms with Crippen molar-refractivity contribution in [3.05, 3.63) is 36.9 Å². The summed E-state index contributed by atoms with van der Waals surface area (Å²) >= 11 is 0. The number of imidazole rings is 1. The van der Waals surface area contributed by atoms with Crippen LogP contribution in [0.1, 0.15) is 0 Å². The minimum absolute atomic E-state index is 0.160. The van der Waals surface area contributed by atoms with E-state index < -0.39 is 0 Å². The Hall–Kier alpha value is -2.21. The van der Waals surface area contributed by atoms with Crippen LogP contribution in [0.3, 0.4) is 0 Å². The highest BCUT2D eigenvalue weighted by Crippen LogP contribution is 2.32. The van der Waals surface area contributed by atoms with Crippen molar-refractivity contribution in [2.24, 2.45) is 0 Å². The number of nitrogens with zero attached hydrogens (tertiary/aromatic N) is 3. The Morgan fingerprint density at radius 3 is 3.10 bits per heavy atom. The van der Waals surface area contributed by atoms with Crippen molar-refractivity contribution >= 4 is 11.4 Å². The topological polar surface area (TPSA) is 67.5 Å². The first-order valence-electron chi connectivity index (χ1n) is 7.19. The molecule has 1 aliphatic rings. The van der Waals surface area contributed by atoms with E-state index in [1.54, 1.807) is 0 Å². The van der Waals surface area contributed by atoms with Crippen LogP contribution in [0.25, 0.3) is 0 Å². The van der Waals surface area contributed by atoms with Gasteiger partial charge in [-0.2, -0.15) is 0 Å². The molecule has 0 radical (unpaired) electrons. The predicted octanol–water partition coefficient (Wildman–Crippen LogP) is 0.249. The van der Waals surface area contributed by atoms with E-state index in [-0.39, 0.29) is 6.61 Å². The van der Waals surface area contributed by atoms with Crippen molar-refractivity contribution in [1.82, 2.24) is 4.57 Å². The van der Waals surface area contributed by atoms with Gasteiger partial charge in [0.1, 0.15) is 37.8 Å². The van der Waals surface area contributed by atoms with E-state index in [9.17, 15) is 0 Å². The molecule has 3 rings (SSSR count). The fourth-order valence-corrected chi connectivity index (χ4v) is 2.58. The van der Waals surface area contributed by atoms with E-state index >= 15 is 0 Å². The molecule has 0 unspecified atom stereocenters. The molecule has 3 N–H and O–H groups in total. The van der Waals surface area contributed by atoms with Gasteiger partial charge in [-0.25, -0.2) is 9.13 Å². The summed E-state index contributed by atoms with van der Waals surface area (Å²) in [5.41, 5.74) is 7.63. The average molecular weight is 289 g/mol. The minimum atomic E-state index is 0.160. The lowest BCUT2D eigenvalue weighted by Gasteiger charge is -2.30. The maximum absolute atomic E-state index is 8.93. The number of anilines is 2. The fraction of sp³-hybridized carbons (Fsp3) is 0.400. The molecule has 0 spiro atoms. The molecule has 2 aromatic rings. The van der Waals surface area contributed by atoms with E-state index in [4.69, 9.17) is 15.6 Å². The van der Waals surface area contributed by atoms with Gasteiger partial charge in [-0.15, -0.1) is 0 Å². The molecule has 1 aliphatic heterocycles. The molecule has 0 saturated heterocycles. The third-order valence-corrected chi connectivity index (χ3v) is 3.68. The number of aliphatic hydroxyl groups excluding tert-OH is 1. The monoisotopic (exact) mass is 289 g/mol. The molecule has 6 nitrogen and oxygen atoms in total. The second kappa shape index (κ2) is 6.05. The van der Waals surface area contributed by atoms with Crippen LogP contribution in [0.15, 0.2) is 36.9 Å². The molecule has 0 aliphatic carbocycles. The summed E-state index contributed by atoms with van der Waals surface area (Å²) in [5, 5.41) is 8.93. The molecule has 0 saturated carbocycles.